The van der Waals surface area contributed by atoms with Crippen LogP contribution in [0.15, 0.2) is 48.8 Å². The third-order valence-corrected chi connectivity index (χ3v) is 4.17. The van der Waals surface area contributed by atoms with E-state index in [0.29, 0.717) is 18.7 Å². The minimum Gasteiger partial charge on any atom is -0.400 e. The number of carbonyl (C=O) groups is 1. The molecule has 5 N–H and O–H groups in total. The molecule has 1 aliphatic heterocycles. The maximum Gasteiger partial charge on any atom is 0.416 e. The lowest BCUT2D eigenvalue weighted by atomic mass is 10.1. The quantitative estimate of drug-likeness (QED) is 0.348. The number of rotatable bonds is 7. The molecule has 1 atom stereocenters. The first kappa shape index (κ1) is 25.5. The van der Waals surface area contributed by atoms with Crippen LogP contribution in [-0.4, -0.2) is 55.5 Å². The van der Waals surface area contributed by atoms with E-state index in [2.05, 4.69) is 12.0 Å². The third-order valence-electron chi connectivity index (χ3n) is 4.17. The van der Waals surface area contributed by atoms with E-state index in [1.807, 2.05) is 19.0 Å². The molecule has 1 unspecified atom stereocenters. The van der Waals surface area contributed by atoms with Gasteiger partial charge in [-0.15, -0.1) is 0 Å². The van der Waals surface area contributed by atoms with Crippen molar-refractivity contribution in [3.05, 3.63) is 59.9 Å². The molecule has 1 heterocycles. The summed E-state index contributed by atoms with van der Waals surface area (Å²) in [5.41, 5.74) is 8.55. The second-order valence-corrected chi connectivity index (χ2v) is 7.03. The molecule has 0 spiro atoms. The zero-order chi connectivity index (χ0) is 22.7. The van der Waals surface area contributed by atoms with E-state index in [1.54, 1.807) is 11.1 Å². The predicted molar refractivity (Wildman–Crippen MR) is 110 cm³/mol. The van der Waals surface area contributed by atoms with Crippen LogP contribution in [0.1, 0.15) is 17.5 Å². The van der Waals surface area contributed by atoms with E-state index in [-0.39, 0.29) is 18.6 Å². The fourth-order valence-electron chi connectivity index (χ4n) is 2.72. The van der Waals surface area contributed by atoms with Gasteiger partial charge in [0.2, 0.25) is 5.91 Å². The zero-order valence-corrected chi connectivity index (χ0v) is 17.3. The Hall–Kier alpha value is -2.56. The third kappa shape index (κ3) is 9.29. The summed E-state index contributed by atoms with van der Waals surface area (Å²) in [7, 11) is 3.88. The van der Waals surface area contributed by atoms with Gasteiger partial charge in [-0.3, -0.25) is 10.6 Å². The van der Waals surface area contributed by atoms with Gasteiger partial charge in [0, 0.05) is 31.5 Å². The SMILES string of the molecule is C=CC(=O)N1CCC(OCc2ccc(C(F)(F)F)cc2)C1.CN(C)C/C(N)=C/NN. The molecule has 0 bridgehead atoms. The zero-order valence-electron chi connectivity index (χ0n) is 17.3. The molecule has 0 saturated carbocycles. The highest BCUT2D eigenvalue weighted by molar-refractivity contribution is 5.87. The van der Waals surface area contributed by atoms with Crippen molar-refractivity contribution in [2.75, 3.05) is 33.7 Å². The molecule has 0 aromatic heterocycles. The number of hydrogen-bond acceptors (Lipinski definition) is 6. The minimum atomic E-state index is -4.32. The van der Waals surface area contributed by atoms with E-state index in [0.717, 1.165) is 30.8 Å². The number of nitrogens with one attached hydrogen (secondary N) is 1. The average Bonchev–Trinajstić information content (AvgIpc) is 3.14. The summed E-state index contributed by atoms with van der Waals surface area (Å²) in [6.07, 6.45) is -0.856. The van der Waals surface area contributed by atoms with Gasteiger partial charge < -0.3 is 25.7 Å². The van der Waals surface area contributed by atoms with Gasteiger partial charge in [0.15, 0.2) is 0 Å². The topological polar surface area (TPSA) is 96.8 Å². The predicted octanol–water partition coefficient (Wildman–Crippen LogP) is 1.82. The Labute approximate surface area is 175 Å². The van der Waals surface area contributed by atoms with E-state index in [4.69, 9.17) is 16.3 Å². The van der Waals surface area contributed by atoms with Crippen molar-refractivity contribution in [2.45, 2.75) is 25.3 Å². The number of likely N-dealkylation sites (N-methyl/N-ethyl adjacent to an activating group) is 1. The summed E-state index contributed by atoms with van der Waals surface area (Å²) in [6.45, 7) is 5.49. The number of halogens is 3. The Morgan fingerprint density at radius 3 is 2.50 bits per heavy atom. The van der Waals surface area contributed by atoms with Crippen LogP contribution in [0, 0.1) is 0 Å². The smallest absolute Gasteiger partial charge is 0.400 e. The fraction of sp³-hybridized carbons (Fsp3) is 0.450. The Kier molecular flexibility index (Phi) is 10.4. The molecule has 0 radical (unpaired) electrons. The average molecular weight is 429 g/mol. The van der Waals surface area contributed by atoms with Crippen LogP contribution in [0.3, 0.4) is 0 Å². The molecular formula is C20H30F3N5O2. The number of nitrogens with zero attached hydrogens (tertiary/aromatic N) is 2. The van der Waals surface area contributed by atoms with Crippen LogP contribution >= 0.6 is 0 Å². The number of likely N-dealkylation sites (tertiary alicyclic amines) is 1. The summed E-state index contributed by atoms with van der Waals surface area (Å²) in [6, 6.07) is 4.90. The number of nitrogens with two attached hydrogens (primary N) is 2. The van der Waals surface area contributed by atoms with Crippen LogP contribution in [0.4, 0.5) is 13.2 Å². The standard InChI is InChI=1S/C15H16F3NO2.C5H14N4/c1-2-14(20)19-8-7-13(9-19)21-10-11-3-5-12(6-4-11)15(16,17)18;1-9(2)4-5(6)3-8-7/h2-6,13H,1,7-10H2;3,8H,4,6-7H2,1-2H3/b;5-3-. The highest BCUT2D eigenvalue weighted by Gasteiger charge is 2.30. The second kappa shape index (κ2) is 12.2. The van der Waals surface area contributed by atoms with Gasteiger partial charge in [-0.2, -0.15) is 13.2 Å². The normalized spacial score (nSPS) is 16.8. The van der Waals surface area contributed by atoms with Gasteiger partial charge in [0.25, 0.3) is 0 Å². The Bertz CT molecular complexity index is 705. The molecule has 2 rings (SSSR count). The summed E-state index contributed by atoms with van der Waals surface area (Å²) in [4.78, 5) is 15.0. The molecule has 0 aliphatic carbocycles. The van der Waals surface area contributed by atoms with Crippen LogP contribution in [0.2, 0.25) is 0 Å². The van der Waals surface area contributed by atoms with Gasteiger partial charge in [0.1, 0.15) is 0 Å². The van der Waals surface area contributed by atoms with Gasteiger partial charge in [0.05, 0.1) is 18.3 Å². The molecule has 1 fully saturated rings. The molecule has 1 aliphatic rings. The summed E-state index contributed by atoms with van der Waals surface area (Å²) >= 11 is 0. The molecule has 30 heavy (non-hydrogen) atoms. The molecule has 10 heteroatoms. The lowest BCUT2D eigenvalue weighted by Crippen LogP contribution is -2.28. The van der Waals surface area contributed by atoms with Gasteiger partial charge >= 0.3 is 6.18 Å². The summed E-state index contributed by atoms with van der Waals surface area (Å²) in [5.74, 6) is 4.85. The molecule has 1 amide bonds. The number of amides is 1. The number of ether oxygens (including phenoxy) is 1. The van der Waals surface area contributed by atoms with Crippen molar-refractivity contribution in [1.82, 2.24) is 15.2 Å². The van der Waals surface area contributed by atoms with Crippen molar-refractivity contribution in [1.29, 1.82) is 0 Å². The first-order valence-corrected chi connectivity index (χ1v) is 9.31. The van der Waals surface area contributed by atoms with Crippen molar-refractivity contribution >= 4 is 5.91 Å². The highest BCUT2D eigenvalue weighted by atomic mass is 19.4. The van der Waals surface area contributed by atoms with Crippen molar-refractivity contribution in [2.24, 2.45) is 11.6 Å². The molecule has 1 aromatic carbocycles. The van der Waals surface area contributed by atoms with E-state index < -0.39 is 11.7 Å². The summed E-state index contributed by atoms with van der Waals surface area (Å²) < 4.78 is 42.9. The maximum atomic E-state index is 12.4. The Morgan fingerprint density at radius 2 is 2.00 bits per heavy atom. The maximum absolute atomic E-state index is 12.4. The number of carbonyl (C=O) groups excluding carboxylic acids is 1. The Balaban J connectivity index is 0.000000424. The van der Waals surface area contributed by atoms with Crippen LogP contribution in [0.25, 0.3) is 0 Å². The van der Waals surface area contributed by atoms with Crippen molar-refractivity contribution < 1.29 is 22.7 Å². The fourth-order valence-corrected chi connectivity index (χ4v) is 2.72. The molecular weight excluding hydrogens is 399 g/mol. The van der Waals surface area contributed by atoms with Crippen LogP contribution in [-0.2, 0) is 22.3 Å². The monoisotopic (exact) mass is 429 g/mol. The van der Waals surface area contributed by atoms with Crippen LogP contribution < -0.4 is 17.0 Å². The first-order valence-electron chi connectivity index (χ1n) is 9.31. The van der Waals surface area contributed by atoms with E-state index in [9.17, 15) is 18.0 Å². The highest BCUT2D eigenvalue weighted by Crippen LogP contribution is 2.29. The van der Waals surface area contributed by atoms with E-state index in [1.165, 1.54) is 18.2 Å². The Morgan fingerprint density at radius 1 is 1.37 bits per heavy atom. The van der Waals surface area contributed by atoms with Crippen LogP contribution in [0.5, 0.6) is 0 Å². The lowest BCUT2D eigenvalue weighted by molar-refractivity contribution is -0.137. The van der Waals surface area contributed by atoms with Crippen molar-refractivity contribution in [3.8, 4) is 0 Å². The van der Waals surface area contributed by atoms with Gasteiger partial charge in [-0.25, -0.2) is 0 Å². The molecule has 168 valence electrons. The first-order chi connectivity index (χ1) is 14.1. The largest absolute Gasteiger partial charge is 0.416 e. The van der Waals surface area contributed by atoms with Gasteiger partial charge in [-0.05, 0) is 44.3 Å². The van der Waals surface area contributed by atoms with Crippen molar-refractivity contribution in [3.63, 3.8) is 0 Å². The van der Waals surface area contributed by atoms with E-state index >= 15 is 0 Å². The number of hydrazine groups is 1. The molecule has 7 nitrogen and oxygen atoms in total. The number of benzene rings is 1. The second-order valence-electron chi connectivity index (χ2n) is 7.03. The van der Waals surface area contributed by atoms with Gasteiger partial charge in [-0.1, -0.05) is 18.7 Å². The minimum absolute atomic E-state index is 0.0869. The summed E-state index contributed by atoms with van der Waals surface area (Å²) in [5, 5.41) is 0. The lowest BCUT2D eigenvalue weighted by Gasteiger charge is -2.15. The number of alkyl halides is 3. The molecule has 1 saturated heterocycles. The molecule has 1 aromatic rings. The number of hydrogen-bond donors (Lipinski definition) is 3.